The number of rotatable bonds is 11. The van der Waals surface area contributed by atoms with Crippen molar-refractivity contribution in [1.82, 2.24) is 9.80 Å². The number of nitrogens with zero attached hydrogens (tertiary/aromatic N) is 2. The van der Waals surface area contributed by atoms with Crippen molar-refractivity contribution in [2.24, 2.45) is 0 Å². The first-order chi connectivity index (χ1) is 14.5. The van der Waals surface area contributed by atoms with Gasteiger partial charge < -0.3 is 9.64 Å². The topological polar surface area (TPSA) is 32.8 Å². The van der Waals surface area contributed by atoms with Crippen LogP contribution in [0, 0.1) is 0 Å². The highest BCUT2D eigenvalue weighted by atomic mass is 35.5. The van der Waals surface area contributed by atoms with Crippen LogP contribution in [-0.4, -0.2) is 41.8 Å². The van der Waals surface area contributed by atoms with Gasteiger partial charge in [0.25, 0.3) is 0 Å². The minimum absolute atomic E-state index is 0.196. The fraction of sp³-hybridized carbons (Fsp3) is 0.458. The minimum Gasteiger partial charge on any atom is -0.431 e. The predicted octanol–water partition coefficient (Wildman–Crippen LogP) is 5.93. The van der Waals surface area contributed by atoms with Crippen LogP contribution in [0.3, 0.4) is 0 Å². The molecule has 1 saturated heterocycles. The van der Waals surface area contributed by atoms with Crippen LogP contribution in [0.4, 0.5) is 0 Å². The van der Waals surface area contributed by atoms with Gasteiger partial charge in [0.1, 0.15) is 0 Å². The number of carbonyl (C=O) groups excluding carboxylic acids is 1. The highest BCUT2D eigenvalue weighted by Crippen LogP contribution is 2.31. The first-order valence-corrected chi connectivity index (χ1v) is 11.9. The van der Waals surface area contributed by atoms with Crippen LogP contribution >= 0.6 is 22.9 Å². The SMILES string of the molecule is C=C(Oc1ccc(CCN(CC)C(C(=O)CC)c2ccccc2Cl)s1)N1CCCC1. The number of likely N-dealkylation sites (tertiary alicyclic amines) is 1. The van der Waals surface area contributed by atoms with E-state index in [4.69, 9.17) is 16.3 Å². The van der Waals surface area contributed by atoms with E-state index in [1.54, 1.807) is 11.3 Å². The molecular formula is C24H31ClN2O2S. The quantitative estimate of drug-likeness (QED) is 0.400. The maximum atomic E-state index is 12.8. The normalized spacial score (nSPS) is 14.9. The molecule has 0 radical (unpaired) electrons. The summed E-state index contributed by atoms with van der Waals surface area (Å²) in [6.45, 7) is 11.7. The second-order valence-electron chi connectivity index (χ2n) is 7.53. The Morgan fingerprint density at radius 3 is 2.63 bits per heavy atom. The second-order valence-corrected chi connectivity index (χ2v) is 9.07. The molecule has 1 aliphatic heterocycles. The number of halogens is 1. The highest BCUT2D eigenvalue weighted by molar-refractivity contribution is 7.13. The number of carbonyl (C=O) groups is 1. The molecule has 0 spiro atoms. The zero-order chi connectivity index (χ0) is 21.5. The Kier molecular flexibility index (Phi) is 8.37. The molecule has 1 aromatic heterocycles. The Hall–Kier alpha value is -1.82. The van der Waals surface area contributed by atoms with Gasteiger partial charge >= 0.3 is 0 Å². The number of likely N-dealkylation sites (N-methyl/N-ethyl adjacent to an activating group) is 1. The molecule has 0 bridgehead atoms. The summed E-state index contributed by atoms with van der Waals surface area (Å²) in [4.78, 5) is 18.4. The molecule has 2 aromatic rings. The molecule has 0 N–H and O–H groups in total. The molecule has 4 nitrogen and oxygen atoms in total. The summed E-state index contributed by atoms with van der Waals surface area (Å²) in [6.07, 6.45) is 3.75. The summed E-state index contributed by atoms with van der Waals surface area (Å²) in [5.41, 5.74) is 0.894. The third-order valence-corrected chi connectivity index (χ3v) is 6.95. The molecule has 30 heavy (non-hydrogen) atoms. The van der Waals surface area contributed by atoms with Crippen LogP contribution in [0.25, 0.3) is 0 Å². The van der Waals surface area contributed by atoms with Gasteiger partial charge in [-0.25, -0.2) is 0 Å². The maximum Gasteiger partial charge on any atom is 0.189 e. The minimum atomic E-state index is -0.306. The van der Waals surface area contributed by atoms with E-state index in [0.717, 1.165) is 49.1 Å². The third kappa shape index (κ3) is 5.65. The predicted molar refractivity (Wildman–Crippen MR) is 125 cm³/mol. The van der Waals surface area contributed by atoms with E-state index in [0.29, 0.717) is 11.4 Å². The maximum absolute atomic E-state index is 12.8. The highest BCUT2D eigenvalue weighted by Gasteiger charge is 2.27. The van der Waals surface area contributed by atoms with Crippen molar-refractivity contribution in [3.63, 3.8) is 0 Å². The van der Waals surface area contributed by atoms with Crippen LogP contribution in [0.5, 0.6) is 5.06 Å². The molecule has 0 aliphatic carbocycles. The van der Waals surface area contributed by atoms with E-state index >= 15 is 0 Å². The zero-order valence-electron chi connectivity index (χ0n) is 17.9. The van der Waals surface area contributed by atoms with E-state index in [1.165, 1.54) is 17.7 Å². The van der Waals surface area contributed by atoms with Gasteiger partial charge in [0.15, 0.2) is 16.7 Å². The van der Waals surface area contributed by atoms with Gasteiger partial charge in [0, 0.05) is 36.0 Å². The Morgan fingerprint density at radius 2 is 1.97 bits per heavy atom. The van der Waals surface area contributed by atoms with Crippen LogP contribution in [0.2, 0.25) is 5.02 Å². The van der Waals surface area contributed by atoms with Gasteiger partial charge in [-0.3, -0.25) is 9.69 Å². The number of hydrogen-bond donors (Lipinski definition) is 0. The van der Waals surface area contributed by atoms with Crippen molar-refractivity contribution in [2.75, 3.05) is 26.2 Å². The van der Waals surface area contributed by atoms with Crippen molar-refractivity contribution in [3.05, 3.63) is 64.3 Å². The van der Waals surface area contributed by atoms with Crippen molar-refractivity contribution in [2.45, 2.75) is 45.6 Å². The van der Waals surface area contributed by atoms with E-state index in [2.05, 4.69) is 29.4 Å². The average molecular weight is 447 g/mol. The Labute approximate surface area is 189 Å². The number of ether oxygens (including phenoxy) is 1. The molecule has 1 atom stereocenters. The van der Waals surface area contributed by atoms with Crippen LogP contribution < -0.4 is 4.74 Å². The van der Waals surface area contributed by atoms with Gasteiger partial charge in [-0.05, 0) is 56.1 Å². The smallest absolute Gasteiger partial charge is 0.189 e. The lowest BCUT2D eigenvalue weighted by Crippen LogP contribution is -2.35. The Morgan fingerprint density at radius 1 is 1.23 bits per heavy atom. The standard InChI is InChI=1S/C24H31ClN2O2S/c1-4-22(28)24(20-10-6-7-11-21(20)25)26(5-2)17-14-19-12-13-23(30-19)29-18(3)27-15-8-9-16-27/h6-7,10-13,24H,3-5,8-9,14-17H2,1-2H3. The lowest BCUT2D eigenvalue weighted by atomic mass is 9.99. The van der Waals surface area contributed by atoms with Gasteiger partial charge in [0.2, 0.25) is 0 Å². The van der Waals surface area contributed by atoms with E-state index in [1.807, 2.05) is 37.3 Å². The van der Waals surface area contributed by atoms with E-state index in [9.17, 15) is 4.79 Å². The van der Waals surface area contributed by atoms with Crippen molar-refractivity contribution in [1.29, 1.82) is 0 Å². The molecule has 1 unspecified atom stereocenters. The molecule has 2 heterocycles. The van der Waals surface area contributed by atoms with E-state index in [-0.39, 0.29) is 11.8 Å². The van der Waals surface area contributed by atoms with Crippen LogP contribution in [0.15, 0.2) is 48.9 Å². The molecule has 162 valence electrons. The molecular weight excluding hydrogens is 416 g/mol. The molecule has 0 saturated carbocycles. The fourth-order valence-electron chi connectivity index (χ4n) is 3.88. The number of thiophene rings is 1. The summed E-state index contributed by atoms with van der Waals surface area (Å²) in [6, 6.07) is 11.5. The largest absolute Gasteiger partial charge is 0.431 e. The average Bonchev–Trinajstić information content (AvgIpc) is 3.44. The summed E-state index contributed by atoms with van der Waals surface area (Å²) in [5.74, 6) is 0.936. The molecule has 1 aliphatic rings. The van der Waals surface area contributed by atoms with Crippen LogP contribution in [0.1, 0.15) is 49.6 Å². The Balaban J connectivity index is 1.65. The van der Waals surface area contributed by atoms with Crippen molar-refractivity contribution >= 4 is 28.7 Å². The zero-order valence-corrected chi connectivity index (χ0v) is 19.5. The molecule has 3 rings (SSSR count). The molecule has 1 aromatic carbocycles. The lowest BCUT2D eigenvalue weighted by Gasteiger charge is -2.30. The first kappa shape index (κ1) is 22.9. The van der Waals surface area contributed by atoms with E-state index < -0.39 is 0 Å². The summed E-state index contributed by atoms with van der Waals surface area (Å²) < 4.78 is 5.97. The van der Waals surface area contributed by atoms with Crippen LogP contribution in [-0.2, 0) is 11.2 Å². The van der Waals surface area contributed by atoms with Gasteiger partial charge in [-0.2, -0.15) is 0 Å². The van der Waals surface area contributed by atoms with Crippen molar-refractivity contribution in [3.8, 4) is 5.06 Å². The molecule has 1 fully saturated rings. The number of Topliss-reactive ketones (excluding diaryl/α,β-unsaturated/α-hetero) is 1. The number of benzene rings is 1. The fourth-order valence-corrected chi connectivity index (χ4v) is 4.98. The molecule has 0 amide bonds. The Bertz CT molecular complexity index is 860. The third-order valence-electron chi connectivity index (χ3n) is 5.58. The first-order valence-electron chi connectivity index (χ1n) is 10.7. The monoisotopic (exact) mass is 446 g/mol. The van der Waals surface area contributed by atoms with Crippen molar-refractivity contribution < 1.29 is 9.53 Å². The summed E-state index contributed by atoms with van der Waals surface area (Å²) in [5, 5.41) is 1.52. The van der Waals surface area contributed by atoms with Gasteiger partial charge in [0.05, 0.1) is 6.04 Å². The lowest BCUT2D eigenvalue weighted by molar-refractivity contribution is -0.124. The number of ketones is 1. The number of hydrogen-bond acceptors (Lipinski definition) is 5. The summed E-state index contributed by atoms with van der Waals surface area (Å²) >= 11 is 8.09. The van der Waals surface area contributed by atoms with Gasteiger partial charge in [-0.15, -0.1) is 11.3 Å². The summed E-state index contributed by atoms with van der Waals surface area (Å²) in [7, 11) is 0. The van der Waals surface area contributed by atoms with Gasteiger partial charge in [-0.1, -0.05) is 43.6 Å². The molecule has 6 heteroatoms. The second kappa shape index (κ2) is 11.0.